The summed E-state index contributed by atoms with van der Waals surface area (Å²) in [5.41, 5.74) is 11.4. The molecule has 1 heterocycles. The molecule has 3 rings (SSSR count). The molecule has 0 aliphatic carbocycles. The number of nitrogens with zero attached hydrogens (tertiary/aromatic N) is 1. The van der Waals surface area contributed by atoms with Crippen LogP contribution < -0.4 is 21.9 Å². The van der Waals surface area contributed by atoms with Gasteiger partial charge in [0.1, 0.15) is 0 Å². The normalized spacial score (nSPS) is 21.9. The van der Waals surface area contributed by atoms with E-state index < -0.39 is 4.86 Å². The minimum Gasteiger partial charge on any atom is -0.362 e. The predicted octanol–water partition coefficient (Wildman–Crippen LogP) is 1.60. The molecule has 2 aromatic carbocycles. The number of quaternary nitrogens is 1. The second-order valence-electron chi connectivity index (χ2n) is 4.30. The maximum atomic E-state index is 6.18. The Balaban J connectivity index is 1.94. The summed E-state index contributed by atoms with van der Waals surface area (Å²) in [5, 5.41) is 0. The van der Waals surface area contributed by atoms with Crippen LogP contribution in [0, 0.1) is 0 Å². The molecule has 5 nitrogen and oxygen atoms in total. The van der Waals surface area contributed by atoms with Gasteiger partial charge in [-0.2, -0.15) is 5.43 Å². The van der Waals surface area contributed by atoms with E-state index in [-0.39, 0.29) is 5.88 Å². The Labute approximate surface area is 111 Å². The highest BCUT2D eigenvalue weighted by Gasteiger charge is 2.40. The number of para-hydroxylation sites is 1. The molecular weight excluding hydrogens is 240 g/mol. The Morgan fingerprint density at radius 3 is 2.11 bits per heavy atom. The Morgan fingerprint density at radius 1 is 0.895 bits per heavy atom. The molecule has 0 bridgehead atoms. The molecule has 19 heavy (non-hydrogen) atoms. The summed E-state index contributed by atoms with van der Waals surface area (Å²) >= 11 is 0. The van der Waals surface area contributed by atoms with Gasteiger partial charge in [0, 0.05) is 17.7 Å². The first-order valence-corrected chi connectivity index (χ1v) is 5.95. The fraction of sp³-hybridized carbons (Fsp3) is 0. The van der Waals surface area contributed by atoms with Crippen molar-refractivity contribution in [1.82, 2.24) is 10.3 Å². The van der Waals surface area contributed by atoms with E-state index in [1.54, 1.807) is 0 Å². The van der Waals surface area contributed by atoms with Gasteiger partial charge in [-0.05, 0) is 0 Å². The van der Waals surface area contributed by atoms with Crippen LogP contribution in [0.2, 0.25) is 0 Å². The summed E-state index contributed by atoms with van der Waals surface area (Å²) in [6.45, 7) is 0. The molecule has 0 radical (unpaired) electrons. The van der Waals surface area contributed by atoms with E-state index in [1.165, 1.54) is 0 Å². The third-order valence-corrected chi connectivity index (χ3v) is 2.97. The molecule has 1 atom stereocenters. The smallest absolute Gasteiger partial charge is 0.289 e. The molecule has 0 aromatic heterocycles. The molecule has 2 aromatic rings. The van der Waals surface area contributed by atoms with Crippen LogP contribution in [0.25, 0.3) is 5.70 Å². The van der Waals surface area contributed by atoms with E-state index in [2.05, 4.69) is 5.43 Å². The minimum absolute atomic E-state index is 0.276. The van der Waals surface area contributed by atoms with Gasteiger partial charge in [0.15, 0.2) is 5.70 Å². The lowest BCUT2D eigenvalue weighted by molar-refractivity contribution is -0.117. The molecule has 0 spiro atoms. The number of rotatable bonds is 2. The lowest BCUT2D eigenvalue weighted by Crippen LogP contribution is -2.60. The van der Waals surface area contributed by atoms with Crippen molar-refractivity contribution in [1.29, 1.82) is 0 Å². The van der Waals surface area contributed by atoms with Crippen LogP contribution in [-0.2, 0) is 4.84 Å². The Kier molecular flexibility index (Phi) is 2.63. The van der Waals surface area contributed by atoms with Gasteiger partial charge in [0.05, 0.1) is 4.86 Å². The first kappa shape index (κ1) is 11.6. The molecule has 1 aliphatic heterocycles. The second kappa shape index (κ2) is 4.31. The van der Waals surface area contributed by atoms with Gasteiger partial charge in [0.2, 0.25) is 5.69 Å². The molecule has 0 saturated carbocycles. The van der Waals surface area contributed by atoms with Crippen LogP contribution >= 0.6 is 0 Å². The lowest BCUT2D eigenvalue weighted by Gasteiger charge is -2.22. The molecule has 96 valence electrons. The topological polar surface area (TPSA) is 73.3 Å². The summed E-state index contributed by atoms with van der Waals surface area (Å²) in [6.07, 6.45) is 0. The zero-order valence-corrected chi connectivity index (χ0v) is 10.3. The lowest BCUT2D eigenvalue weighted by atomic mass is 10.2. The number of benzene rings is 2. The summed E-state index contributed by atoms with van der Waals surface area (Å²) < 4.78 is 0. The standard InChI is InChI=1S/C14H15N4O/c15-14-13(11-7-3-1-4-8-11)17-18(16,19-14)12-9-5-2-6-10-12/h1-10,17H,15-16H2/q+1. The van der Waals surface area contributed by atoms with Crippen LogP contribution in [0.15, 0.2) is 66.5 Å². The third-order valence-electron chi connectivity index (χ3n) is 2.97. The van der Waals surface area contributed by atoms with Gasteiger partial charge in [-0.3, -0.25) is 0 Å². The molecule has 0 amide bonds. The van der Waals surface area contributed by atoms with Crippen LogP contribution in [0.5, 0.6) is 0 Å². The van der Waals surface area contributed by atoms with E-state index in [4.69, 9.17) is 16.4 Å². The van der Waals surface area contributed by atoms with E-state index in [0.29, 0.717) is 5.70 Å². The zero-order chi connectivity index (χ0) is 13.3. The number of hydrogen-bond acceptors (Lipinski definition) is 4. The van der Waals surface area contributed by atoms with Crippen molar-refractivity contribution < 1.29 is 4.84 Å². The highest BCUT2D eigenvalue weighted by atomic mass is 16.8. The van der Waals surface area contributed by atoms with Crippen molar-refractivity contribution in [2.24, 2.45) is 11.6 Å². The second-order valence-corrected chi connectivity index (χ2v) is 4.30. The van der Waals surface area contributed by atoms with Crippen molar-refractivity contribution in [3.63, 3.8) is 0 Å². The van der Waals surface area contributed by atoms with Gasteiger partial charge in [-0.1, -0.05) is 48.5 Å². The average molecular weight is 255 g/mol. The van der Waals surface area contributed by atoms with Crippen LogP contribution in [0.4, 0.5) is 5.69 Å². The van der Waals surface area contributed by atoms with Crippen molar-refractivity contribution >= 4 is 11.4 Å². The fourth-order valence-electron chi connectivity index (χ4n) is 2.02. The number of hydrogen-bond donors (Lipinski definition) is 3. The van der Waals surface area contributed by atoms with Crippen molar-refractivity contribution in [2.75, 3.05) is 0 Å². The Morgan fingerprint density at radius 2 is 1.47 bits per heavy atom. The molecule has 0 saturated heterocycles. The first-order valence-electron chi connectivity index (χ1n) is 5.95. The van der Waals surface area contributed by atoms with E-state index in [1.807, 2.05) is 60.7 Å². The van der Waals surface area contributed by atoms with Crippen LogP contribution in [0.3, 0.4) is 0 Å². The van der Waals surface area contributed by atoms with E-state index in [9.17, 15) is 0 Å². The summed E-state index contributed by atoms with van der Waals surface area (Å²) in [5.74, 6) is 6.46. The predicted molar refractivity (Wildman–Crippen MR) is 74.2 cm³/mol. The van der Waals surface area contributed by atoms with E-state index >= 15 is 0 Å². The maximum absolute atomic E-state index is 6.18. The van der Waals surface area contributed by atoms with Crippen molar-refractivity contribution in [2.45, 2.75) is 0 Å². The van der Waals surface area contributed by atoms with Crippen molar-refractivity contribution in [3.8, 4) is 0 Å². The van der Waals surface area contributed by atoms with Gasteiger partial charge >= 0.3 is 0 Å². The largest absolute Gasteiger partial charge is 0.362 e. The fourth-order valence-corrected chi connectivity index (χ4v) is 2.02. The van der Waals surface area contributed by atoms with Gasteiger partial charge in [0.25, 0.3) is 5.88 Å². The van der Waals surface area contributed by atoms with Crippen LogP contribution in [0.1, 0.15) is 5.56 Å². The Bertz CT molecular complexity index is 612. The summed E-state index contributed by atoms with van der Waals surface area (Å²) in [6, 6.07) is 19.1. The molecule has 1 aliphatic rings. The molecule has 0 fully saturated rings. The molecule has 5 N–H and O–H groups in total. The van der Waals surface area contributed by atoms with E-state index in [0.717, 1.165) is 11.3 Å². The number of nitrogens with two attached hydrogens (primary N) is 2. The first-order chi connectivity index (χ1) is 9.19. The highest BCUT2D eigenvalue weighted by Crippen LogP contribution is 2.28. The SMILES string of the molecule is NC1=C(c2ccccc2)N[N+](N)(c2ccccc2)O1. The molecular formula is C14H15N4O+. The van der Waals surface area contributed by atoms with Gasteiger partial charge in [-0.25, -0.2) is 4.84 Å². The van der Waals surface area contributed by atoms with Gasteiger partial charge < -0.3 is 5.73 Å². The monoisotopic (exact) mass is 255 g/mol. The quantitative estimate of drug-likeness (QED) is 0.563. The Hall–Kier alpha value is -2.50. The maximum Gasteiger partial charge on any atom is 0.289 e. The highest BCUT2D eigenvalue weighted by molar-refractivity contribution is 5.67. The molecule has 5 heteroatoms. The summed E-state index contributed by atoms with van der Waals surface area (Å²) in [4.78, 5) is 5.17. The van der Waals surface area contributed by atoms with Gasteiger partial charge in [-0.15, -0.1) is 5.84 Å². The minimum atomic E-state index is -0.392. The zero-order valence-electron chi connectivity index (χ0n) is 10.3. The summed E-state index contributed by atoms with van der Waals surface area (Å²) in [7, 11) is 0. The number of nitrogens with one attached hydrogen (secondary N) is 1. The molecule has 1 unspecified atom stereocenters. The van der Waals surface area contributed by atoms with Crippen molar-refractivity contribution in [3.05, 3.63) is 72.1 Å². The van der Waals surface area contributed by atoms with Crippen LogP contribution in [-0.4, -0.2) is 0 Å². The average Bonchev–Trinajstić information content (AvgIpc) is 2.77. The third kappa shape index (κ3) is 2.01.